The van der Waals surface area contributed by atoms with Crippen molar-refractivity contribution in [1.29, 1.82) is 0 Å². The fourth-order valence-corrected chi connectivity index (χ4v) is 4.19. The van der Waals surface area contributed by atoms with Crippen molar-refractivity contribution in [2.45, 2.75) is 63.7 Å². The molecule has 2 nitrogen and oxygen atoms in total. The lowest BCUT2D eigenvalue weighted by Crippen LogP contribution is -2.48. The van der Waals surface area contributed by atoms with Crippen LogP contribution < -0.4 is 5.32 Å². The van der Waals surface area contributed by atoms with E-state index in [1.165, 1.54) is 47.8 Å². The third kappa shape index (κ3) is 3.55. The van der Waals surface area contributed by atoms with E-state index < -0.39 is 0 Å². The Morgan fingerprint density at radius 2 is 1.80 bits per heavy atom. The lowest BCUT2D eigenvalue weighted by Gasteiger charge is -2.38. The van der Waals surface area contributed by atoms with Crippen LogP contribution in [0.2, 0.25) is 0 Å². The highest BCUT2D eigenvalue weighted by molar-refractivity contribution is 14.1. The second-order valence-electron chi connectivity index (χ2n) is 6.36. The van der Waals surface area contributed by atoms with Crippen molar-refractivity contribution in [1.82, 2.24) is 10.2 Å². The van der Waals surface area contributed by atoms with E-state index in [-0.39, 0.29) is 0 Å². The molecule has 3 rings (SSSR count). The molecule has 0 radical (unpaired) electrons. The van der Waals surface area contributed by atoms with E-state index in [1.807, 2.05) is 0 Å². The molecule has 0 aromatic heterocycles. The molecule has 0 spiro atoms. The van der Waals surface area contributed by atoms with Gasteiger partial charge in [-0.05, 0) is 78.9 Å². The maximum absolute atomic E-state index is 3.76. The third-order valence-corrected chi connectivity index (χ3v) is 5.49. The molecule has 2 unspecified atom stereocenters. The number of nitrogens with zero attached hydrogens (tertiary/aromatic N) is 1. The van der Waals surface area contributed by atoms with E-state index in [0.717, 1.165) is 24.7 Å². The number of halogens is 1. The van der Waals surface area contributed by atoms with Crippen LogP contribution in [0.1, 0.15) is 44.6 Å². The number of hydrogen-bond acceptors (Lipinski definition) is 2. The summed E-state index contributed by atoms with van der Waals surface area (Å²) in [6.07, 6.45) is 6.74. The monoisotopic (exact) mass is 384 g/mol. The van der Waals surface area contributed by atoms with Gasteiger partial charge in [-0.15, -0.1) is 0 Å². The van der Waals surface area contributed by atoms with Gasteiger partial charge >= 0.3 is 0 Å². The number of fused-ring (bicyclic) bond motifs is 2. The van der Waals surface area contributed by atoms with Crippen LogP contribution in [0.25, 0.3) is 0 Å². The molecule has 1 N–H and O–H groups in total. The molecule has 110 valence electrons. The molecule has 1 aromatic rings. The average Bonchev–Trinajstić information content (AvgIpc) is 2.79. The minimum atomic E-state index is 0.785. The standard InChI is InChI=1S/C17H25IN2/c1-2-9-20(12-13-3-5-14(18)6-4-13)17-10-15-7-8-16(11-17)19-15/h3-6,15-17,19H,2,7-12H2,1H3. The van der Waals surface area contributed by atoms with Crippen LogP contribution in [0.3, 0.4) is 0 Å². The topological polar surface area (TPSA) is 15.3 Å². The first kappa shape index (κ1) is 14.8. The highest BCUT2D eigenvalue weighted by Gasteiger charge is 2.35. The largest absolute Gasteiger partial charge is 0.311 e. The van der Waals surface area contributed by atoms with Crippen LogP contribution in [0.5, 0.6) is 0 Å². The zero-order valence-electron chi connectivity index (χ0n) is 12.3. The molecular weight excluding hydrogens is 359 g/mol. The highest BCUT2D eigenvalue weighted by Crippen LogP contribution is 2.30. The van der Waals surface area contributed by atoms with Gasteiger partial charge in [0.1, 0.15) is 0 Å². The normalized spacial score (nSPS) is 29.1. The number of piperidine rings is 1. The van der Waals surface area contributed by atoms with Gasteiger partial charge in [-0.3, -0.25) is 4.90 Å². The Morgan fingerprint density at radius 3 is 2.40 bits per heavy atom. The first-order valence-electron chi connectivity index (χ1n) is 7.99. The molecule has 0 amide bonds. The van der Waals surface area contributed by atoms with Crippen molar-refractivity contribution >= 4 is 22.6 Å². The number of rotatable bonds is 5. The molecule has 20 heavy (non-hydrogen) atoms. The summed E-state index contributed by atoms with van der Waals surface area (Å²) in [6.45, 7) is 4.65. The zero-order valence-corrected chi connectivity index (χ0v) is 14.5. The molecule has 2 atom stereocenters. The Morgan fingerprint density at radius 1 is 1.15 bits per heavy atom. The SMILES string of the molecule is CCCN(Cc1ccc(I)cc1)C1CC2CCC(C1)N2. The van der Waals surface area contributed by atoms with E-state index in [2.05, 4.69) is 64.0 Å². The average molecular weight is 384 g/mol. The molecule has 2 aliphatic heterocycles. The van der Waals surface area contributed by atoms with Crippen molar-refractivity contribution < 1.29 is 0 Å². The Kier molecular flexibility index (Phi) is 5.00. The lowest BCUT2D eigenvalue weighted by molar-refractivity contribution is 0.134. The van der Waals surface area contributed by atoms with Gasteiger partial charge in [0.15, 0.2) is 0 Å². The molecule has 3 heteroatoms. The molecule has 1 aromatic carbocycles. The van der Waals surface area contributed by atoms with E-state index in [4.69, 9.17) is 0 Å². The minimum absolute atomic E-state index is 0.785. The lowest BCUT2D eigenvalue weighted by atomic mass is 9.97. The summed E-state index contributed by atoms with van der Waals surface area (Å²) in [5, 5.41) is 3.76. The second-order valence-corrected chi connectivity index (χ2v) is 7.61. The molecule has 2 aliphatic rings. The summed E-state index contributed by atoms with van der Waals surface area (Å²) < 4.78 is 1.33. The summed E-state index contributed by atoms with van der Waals surface area (Å²) in [4.78, 5) is 2.73. The van der Waals surface area contributed by atoms with E-state index in [0.29, 0.717) is 0 Å². The van der Waals surface area contributed by atoms with E-state index >= 15 is 0 Å². The first-order valence-corrected chi connectivity index (χ1v) is 9.07. The predicted molar refractivity (Wildman–Crippen MR) is 92.8 cm³/mol. The van der Waals surface area contributed by atoms with Gasteiger partial charge in [-0.2, -0.15) is 0 Å². The summed E-state index contributed by atoms with van der Waals surface area (Å²) >= 11 is 2.38. The van der Waals surface area contributed by atoms with Gasteiger partial charge < -0.3 is 5.32 Å². The van der Waals surface area contributed by atoms with Gasteiger partial charge in [-0.1, -0.05) is 19.1 Å². The van der Waals surface area contributed by atoms with Crippen LogP contribution in [-0.4, -0.2) is 29.6 Å². The van der Waals surface area contributed by atoms with Gasteiger partial charge in [0, 0.05) is 28.2 Å². The van der Waals surface area contributed by atoms with E-state index in [1.54, 1.807) is 0 Å². The first-order chi connectivity index (χ1) is 9.74. The summed E-state index contributed by atoms with van der Waals surface area (Å²) in [5.74, 6) is 0. The second kappa shape index (κ2) is 6.75. The third-order valence-electron chi connectivity index (χ3n) is 4.77. The van der Waals surface area contributed by atoms with Crippen LogP contribution >= 0.6 is 22.6 Å². The van der Waals surface area contributed by atoms with Crippen LogP contribution in [0.4, 0.5) is 0 Å². The van der Waals surface area contributed by atoms with Crippen molar-refractivity contribution in [2.75, 3.05) is 6.54 Å². The van der Waals surface area contributed by atoms with Crippen LogP contribution in [-0.2, 0) is 6.54 Å². The summed E-state index contributed by atoms with van der Waals surface area (Å²) in [7, 11) is 0. The van der Waals surface area contributed by atoms with E-state index in [9.17, 15) is 0 Å². The molecular formula is C17H25IN2. The Balaban J connectivity index is 1.67. The van der Waals surface area contributed by atoms with Crippen LogP contribution in [0.15, 0.2) is 24.3 Å². The van der Waals surface area contributed by atoms with Crippen molar-refractivity contribution in [2.24, 2.45) is 0 Å². The molecule has 0 saturated carbocycles. The molecule has 0 aliphatic carbocycles. The van der Waals surface area contributed by atoms with Gasteiger partial charge in [-0.25, -0.2) is 0 Å². The molecule has 2 bridgehead atoms. The number of benzene rings is 1. The fraction of sp³-hybridized carbons (Fsp3) is 0.647. The molecule has 2 heterocycles. The predicted octanol–water partition coefficient (Wildman–Crippen LogP) is 3.79. The quantitative estimate of drug-likeness (QED) is 0.778. The highest BCUT2D eigenvalue weighted by atomic mass is 127. The summed E-state index contributed by atoms with van der Waals surface area (Å²) in [6, 6.07) is 11.4. The van der Waals surface area contributed by atoms with Crippen molar-refractivity contribution in [3.63, 3.8) is 0 Å². The molecule has 2 fully saturated rings. The van der Waals surface area contributed by atoms with Gasteiger partial charge in [0.05, 0.1) is 0 Å². The van der Waals surface area contributed by atoms with Gasteiger partial charge in [0.2, 0.25) is 0 Å². The number of hydrogen-bond donors (Lipinski definition) is 1. The maximum Gasteiger partial charge on any atom is 0.0236 e. The number of nitrogens with one attached hydrogen (secondary N) is 1. The van der Waals surface area contributed by atoms with Crippen molar-refractivity contribution in [3.05, 3.63) is 33.4 Å². The van der Waals surface area contributed by atoms with Gasteiger partial charge in [0.25, 0.3) is 0 Å². The smallest absolute Gasteiger partial charge is 0.0236 e. The maximum atomic E-state index is 3.76. The fourth-order valence-electron chi connectivity index (χ4n) is 3.83. The van der Waals surface area contributed by atoms with Crippen LogP contribution in [0, 0.1) is 3.57 Å². The Hall–Kier alpha value is -0.130. The zero-order chi connectivity index (χ0) is 13.9. The minimum Gasteiger partial charge on any atom is -0.311 e. The summed E-state index contributed by atoms with van der Waals surface area (Å²) in [5.41, 5.74) is 1.46. The Labute approximate surface area is 136 Å². The Bertz CT molecular complexity index is 419. The van der Waals surface area contributed by atoms with Crippen molar-refractivity contribution in [3.8, 4) is 0 Å². The molecule has 2 saturated heterocycles.